The number of carbonyl (C=O) groups is 2. The lowest BCUT2D eigenvalue weighted by Gasteiger charge is -2.15. The van der Waals surface area contributed by atoms with E-state index < -0.39 is 11.9 Å². The van der Waals surface area contributed by atoms with Crippen LogP contribution in [0.3, 0.4) is 0 Å². The van der Waals surface area contributed by atoms with Gasteiger partial charge in [-0.15, -0.1) is 0 Å². The molecule has 0 radical (unpaired) electrons. The van der Waals surface area contributed by atoms with Crippen molar-refractivity contribution in [3.8, 4) is 23.0 Å². The van der Waals surface area contributed by atoms with Gasteiger partial charge in [0.05, 0.1) is 25.0 Å². The average Bonchev–Trinajstić information content (AvgIpc) is 2.47. The number of esters is 2. The molecule has 2 aromatic carbocycles. The lowest BCUT2D eigenvalue weighted by molar-refractivity contribution is -0.132. The van der Waals surface area contributed by atoms with E-state index >= 15 is 0 Å². The summed E-state index contributed by atoms with van der Waals surface area (Å²) in [4.78, 5) is 22.6. The van der Waals surface area contributed by atoms with Gasteiger partial charge in [0, 0.05) is 13.8 Å². The number of methoxy groups -OCH3 is 2. The third kappa shape index (κ3) is 2.95. The molecule has 0 aliphatic heterocycles. The summed E-state index contributed by atoms with van der Waals surface area (Å²) >= 11 is 0. The summed E-state index contributed by atoms with van der Waals surface area (Å²) in [6.07, 6.45) is 0. The van der Waals surface area contributed by atoms with Crippen LogP contribution in [-0.2, 0) is 9.59 Å². The average molecular weight is 304 g/mol. The maximum absolute atomic E-state index is 11.3. The molecular formula is C16H16O6. The maximum atomic E-state index is 11.3. The van der Waals surface area contributed by atoms with Gasteiger partial charge in [0.15, 0.2) is 0 Å². The molecule has 2 aromatic rings. The summed E-state index contributed by atoms with van der Waals surface area (Å²) in [6.45, 7) is 2.61. The fourth-order valence-electron chi connectivity index (χ4n) is 2.19. The number of ether oxygens (including phenoxy) is 4. The van der Waals surface area contributed by atoms with Crippen LogP contribution in [0, 0.1) is 0 Å². The summed E-state index contributed by atoms with van der Waals surface area (Å²) in [7, 11) is 2.99. The first-order chi connectivity index (χ1) is 10.5. The molecule has 0 N–H and O–H groups in total. The Bertz CT molecular complexity index is 672. The molecule has 0 spiro atoms. The van der Waals surface area contributed by atoms with Gasteiger partial charge in [-0.1, -0.05) is 0 Å². The Hall–Kier alpha value is -2.76. The molecule has 0 fully saturated rings. The van der Waals surface area contributed by atoms with Crippen LogP contribution in [-0.4, -0.2) is 26.2 Å². The summed E-state index contributed by atoms with van der Waals surface area (Å²) in [6, 6.07) is 6.46. The molecular weight excluding hydrogens is 288 g/mol. The van der Waals surface area contributed by atoms with Gasteiger partial charge in [0.25, 0.3) is 0 Å². The SMILES string of the molecule is COc1ccc(OC)c2c(OC(C)=O)ccc(OC(C)=O)c12. The Morgan fingerprint density at radius 2 is 1.00 bits per heavy atom. The highest BCUT2D eigenvalue weighted by molar-refractivity contribution is 6.03. The summed E-state index contributed by atoms with van der Waals surface area (Å²) in [5, 5.41) is 0.992. The third-order valence-electron chi connectivity index (χ3n) is 2.95. The molecule has 0 unspecified atom stereocenters. The van der Waals surface area contributed by atoms with Crippen LogP contribution in [0.5, 0.6) is 23.0 Å². The normalized spacial score (nSPS) is 10.2. The van der Waals surface area contributed by atoms with Gasteiger partial charge in [0.2, 0.25) is 0 Å². The highest BCUT2D eigenvalue weighted by Gasteiger charge is 2.19. The van der Waals surface area contributed by atoms with Crippen molar-refractivity contribution in [2.75, 3.05) is 14.2 Å². The van der Waals surface area contributed by atoms with Crippen molar-refractivity contribution in [1.82, 2.24) is 0 Å². The van der Waals surface area contributed by atoms with Gasteiger partial charge in [-0.25, -0.2) is 0 Å². The highest BCUT2D eigenvalue weighted by atomic mass is 16.5. The summed E-state index contributed by atoms with van der Waals surface area (Å²) < 4.78 is 21.1. The lowest BCUT2D eigenvalue weighted by atomic mass is 10.1. The number of fused-ring (bicyclic) bond motifs is 1. The third-order valence-corrected chi connectivity index (χ3v) is 2.95. The van der Waals surface area contributed by atoms with Crippen LogP contribution >= 0.6 is 0 Å². The fourth-order valence-corrected chi connectivity index (χ4v) is 2.19. The van der Waals surface area contributed by atoms with Gasteiger partial charge in [-0.3, -0.25) is 9.59 Å². The van der Waals surface area contributed by atoms with E-state index in [4.69, 9.17) is 18.9 Å². The molecule has 6 nitrogen and oxygen atoms in total. The van der Waals surface area contributed by atoms with Gasteiger partial charge < -0.3 is 18.9 Å². The van der Waals surface area contributed by atoms with Crippen molar-refractivity contribution in [3.05, 3.63) is 24.3 Å². The smallest absolute Gasteiger partial charge is 0.308 e. The van der Waals surface area contributed by atoms with Crippen molar-refractivity contribution in [1.29, 1.82) is 0 Å². The molecule has 0 atom stereocenters. The predicted octanol–water partition coefficient (Wildman–Crippen LogP) is 2.71. The van der Waals surface area contributed by atoms with Crippen LogP contribution in [0.4, 0.5) is 0 Å². The highest BCUT2D eigenvalue weighted by Crippen LogP contribution is 2.44. The summed E-state index contributed by atoms with van der Waals surface area (Å²) in [5.74, 6) is 0.614. The first kappa shape index (κ1) is 15.6. The largest absolute Gasteiger partial charge is 0.496 e. The van der Waals surface area contributed by atoms with Gasteiger partial charge in [-0.2, -0.15) is 0 Å². The Balaban J connectivity index is 2.84. The van der Waals surface area contributed by atoms with Crippen LogP contribution in [0.15, 0.2) is 24.3 Å². The first-order valence-electron chi connectivity index (χ1n) is 6.52. The molecule has 0 aromatic heterocycles. The van der Waals surface area contributed by atoms with E-state index in [-0.39, 0.29) is 0 Å². The Labute approximate surface area is 127 Å². The Kier molecular flexibility index (Phi) is 4.50. The molecule has 0 aliphatic carbocycles. The van der Waals surface area contributed by atoms with Crippen LogP contribution in [0.25, 0.3) is 10.8 Å². The minimum Gasteiger partial charge on any atom is -0.496 e. The molecule has 0 saturated heterocycles. The zero-order valence-corrected chi connectivity index (χ0v) is 12.8. The Morgan fingerprint density at radius 1 is 0.682 bits per heavy atom. The van der Waals surface area contributed by atoms with Crippen molar-refractivity contribution >= 4 is 22.7 Å². The quantitative estimate of drug-likeness (QED) is 0.639. The standard InChI is InChI=1S/C16H16O6/c1-9(17)21-13-7-8-14(22-10(2)18)16-12(20-4)6-5-11(19-3)15(13)16/h5-8H,1-4H3. The molecule has 0 heterocycles. The summed E-state index contributed by atoms with van der Waals surface area (Å²) in [5.41, 5.74) is 0. The molecule has 0 saturated carbocycles. The number of hydrogen-bond donors (Lipinski definition) is 0. The molecule has 0 bridgehead atoms. The van der Waals surface area contributed by atoms with Crippen molar-refractivity contribution < 1.29 is 28.5 Å². The maximum Gasteiger partial charge on any atom is 0.308 e. The fraction of sp³-hybridized carbons (Fsp3) is 0.250. The van der Waals surface area contributed by atoms with Crippen LogP contribution in [0.2, 0.25) is 0 Å². The zero-order valence-electron chi connectivity index (χ0n) is 12.8. The molecule has 0 amide bonds. The molecule has 2 rings (SSSR count). The minimum atomic E-state index is -0.466. The zero-order chi connectivity index (χ0) is 16.3. The van der Waals surface area contributed by atoms with Crippen molar-refractivity contribution in [3.63, 3.8) is 0 Å². The molecule has 6 heteroatoms. The van der Waals surface area contributed by atoms with E-state index in [0.29, 0.717) is 33.8 Å². The first-order valence-corrected chi connectivity index (χ1v) is 6.52. The van der Waals surface area contributed by atoms with Gasteiger partial charge in [-0.05, 0) is 24.3 Å². The molecule has 0 aliphatic rings. The van der Waals surface area contributed by atoms with E-state index in [1.54, 1.807) is 24.3 Å². The van der Waals surface area contributed by atoms with Crippen LogP contribution in [0.1, 0.15) is 13.8 Å². The second kappa shape index (κ2) is 6.34. The van der Waals surface area contributed by atoms with E-state index in [1.807, 2.05) is 0 Å². The second-order valence-corrected chi connectivity index (χ2v) is 4.47. The topological polar surface area (TPSA) is 71.1 Å². The molecule has 22 heavy (non-hydrogen) atoms. The second-order valence-electron chi connectivity index (χ2n) is 4.47. The molecule has 116 valence electrons. The predicted molar refractivity (Wildman–Crippen MR) is 79.7 cm³/mol. The number of rotatable bonds is 4. The number of carbonyl (C=O) groups excluding carboxylic acids is 2. The van der Waals surface area contributed by atoms with Crippen LogP contribution < -0.4 is 18.9 Å². The van der Waals surface area contributed by atoms with Gasteiger partial charge in [0.1, 0.15) is 23.0 Å². The van der Waals surface area contributed by atoms with E-state index in [9.17, 15) is 9.59 Å². The van der Waals surface area contributed by atoms with E-state index in [0.717, 1.165) is 0 Å². The lowest BCUT2D eigenvalue weighted by Crippen LogP contribution is -2.05. The van der Waals surface area contributed by atoms with Gasteiger partial charge >= 0.3 is 11.9 Å². The van der Waals surface area contributed by atoms with E-state index in [2.05, 4.69) is 0 Å². The van der Waals surface area contributed by atoms with Crippen molar-refractivity contribution in [2.45, 2.75) is 13.8 Å². The monoisotopic (exact) mass is 304 g/mol. The number of hydrogen-bond acceptors (Lipinski definition) is 6. The Morgan fingerprint density at radius 3 is 1.27 bits per heavy atom. The van der Waals surface area contributed by atoms with E-state index in [1.165, 1.54) is 28.1 Å². The minimum absolute atomic E-state index is 0.300. The number of benzene rings is 2. The van der Waals surface area contributed by atoms with Crippen molar-refractivity contribution in [2.24, 2.45) is 0 Å².